The van der Waals surface area contributed by atoms with Gasteiger partial charge in [-0.25, -0.2) is 8.42 Å². The van der Waals surface area contributed by atoms with Crippen LogP contribution in [0.15, 0.2) is 6.07 Å². The number of thiophene rings is 1. The van der Waals surface area contributed by atoms with Gasteiger partial charge in [0.05, 0.1) is 11.4 Å². The van der Waals surface area contributed by atoms with Crippen LogP contribution in [0.4, 0.5) is 0 Å². The van der Waals surface area contributed by atoms with Gasteiger partial charge in [0.2, 0.25) is 0 Å². The van der Waals surface area contributed by atoms with Crippen molar-refractivity contribution in [3.8, 4) is 0 Å². The number of aliphatic hydroxyl groups is 1. The highest BCUT2D eigenvalue weighted by molar-refractivity contribution is 7.91. The number of rotatable bonds is 3. The summed E-state index contributed by atoms with van der Waals surface area (Å²) in [6.07, 6.45) is 8.84. The molecule has 21 heavy (non-hydrogen) atoms. The van der Waals surface area contributed by atoms with Crippen LogP contribution in [0.2, 0.25) is 0 Å². The summed E-state index contributed by atoms with van der Waals surface area (Å²) in [4.78, 5) is 2.49. The molecule has 0 spiro atoms. The third-order valence-electron chi connectivity index (χ3n) is 5.03. The molecule has 1 heterocycles. The molecular formula is C16H24O3S2. The predicted molar refractivity (Wildman–Crippen MR) is 86.5 cm³/mol. The largest absolute Gasteiger partial charge is 0.387 e. The van der Waals surface area contributed by atoms with Gasteiger partial charge in [0, 0.05) is 16.0 Å². The average Bonchev–Trinajstić information content (AvgIpc) is 2.89. The Bertz CT molecular complexity index is 580. The van der Waals surface area contributed by atoms with Gasteiger partial charge in [0.25, 0.3) is 0 Å². The van der Waals surface area contributed by atoms with Gasteiger partial charge in [-0.2, -0.15) is 0 Å². The second-order valence-electron chi connectivity index (χ2n) is 6.63. The molecule has 1 fully saturated rings. The molecule has 5 heteroatoms. The molecule has 2 aliphatic carbocycles. The molecule has 2 aliphatic rings. The molecule has 0 saturated heterocycles. The number of sulfone groups is 1. The van der Waals surface area contributed by atoms with E-state index in [9.17, 15) is 13.5 Å². The Morgan fingerprint density at radius 1 is 1.24 bits per heavy atom. The van der Waals surface area contributed by atoms with Crippen LogP contribution in [0.25, 0.3) is 0 Å². The van der Waals surface area contributed by atoms with Gasteiger partial charge in [0.1, 0.15) is 9.84 Å². The van der Waals surface area contributed by atoms with Crippen LogP contribution < -0.4 is 0 Å². The van der Waals surface area contributed by atoms with Crippen molar-refractivity contribution in [2.75, 3.05) is 6.26 Å². The second-order valence-corrected chi connectivity index (χ2v) is 10.1. The van der Waals surface area contributed by atoms with Gasteiger partial charge in [-0.1, -0.05) is 6.42 Å². The van der Waals surface area contributed by atoms with E-state index in [1.54, 1.807) is 11.3 Å². The van der Waals surface area contributed by atoms with Crippen molar-refractivity contribution >= 4 is 21.2 Å². The molecule has 0 bridgehead atoms. The fraction of sp³-hybridized carbons (Fsp3) is 0.750. The summed E-state index contributed by atoms with van der Waals surface area (Å²) >= 11 is 1.75. The van der Waals surface area contributed by atoms with Crippen molar-refractivity contribution < 1.29 is 13.5 Å². The lowest BCUT2D eigenvalue weighted by Gasteiger charge is -2.30. The molecule has 3 nitrogen and oxygen atoms in total. The minimum atomic E-state index is -2.98. The lowest BCUT2D eigenvalue weighted by Crippen LogP contribution is -2.30. The Hall–Kier alpha value is -0.390. The summed E-state index contributed by atoms with van der Waals surface area (Å²) in [6.45, 7) is 0. The standard InChI is InChI=1S/C16H24O3S2/c1-21(18,19)13-7-4-6-12(9-13)16(17)15-10-11-5-2-3-8-14(11)20-15/h10,12-13,16-17H,2-9H2,1H3. The zero-order valence-corrected chi connectivity index (χ0v) is 14.2. The summed E-state index contributed by atoms with van der Waals surface area (Å²) < 4.78 is 23.5. The maximum Gasteiger partial charge on any atom is 0.150 e. The van der Waals surface area contributed by atoms with Crippen LogP contribution in [-0.4, -0.2) is 25.0 Å². The highest BCUT2D eigenvalue weighted by Gasteiger charge is 2.33. The molecule has 0 aromatic carbocycles. The number of hydrogen-bond acceptors (Lipinski definition) is 4. The molecule has 0 aliphatic heterocycles. The van der Waals surface area contributed by atoms with Gasteiger partial charge in [-0.05, 0) is 62.5 Å². The van der Waals surface area contributed by atoms with Gasteiger partial charge in [0.15, 0.2) is 0 Å². The number of aryl methyl sites for hydroxylation is 2. The van der Waals surface area contributed by atoms with Crippen molar-refractivity contribution in [2.45, 2.75) is 62.7 Å². The van der Waals surface area contributed by atoms with E-state index in [2.05, 4.69) is 6.07 Å². The van der Waals surface area contributed by atoms with Crippen LogP contribution >= 0.6 is 11.3 Å². The Labute approximate surface area is 131 Å². The summed E-state index contributed by atoms with van der Waals surface area (Å²) in [7, 11) is -2.98. The minimum absolute atomic E-state index is 0.0959. The molecule has 0 amide bonds. The molecule has 0 radical (unpaired) electrons. The van der Waals surface area contributed by atoms with E-state index in [1.807, 2.05) is 0 Å². The van der Waals surface area contributed by atoms with Gasteiger partial charge >= 0.3 is 0 Å². The maximum atomic E-state index is 11.8. The van der Waals surface area contributed by atoms with Crippen LogP contribution in [0.3, 0.4) is 0 Å². The smallest absolute Gasteiger partial charge is 0.150 e. The molecule has 1 aromatic heterocycles. The molecule has 1 saturated carbocycles. The summed E-state index contributed by atoms with van der Waals surface area (Å²) in [6, 6.07) is 2.17. The van der Waals surface area contributed by atoms with Crippen LogP contribution in [0.1, 0.15) is 59.9 Å². The van der Waals surface area contributed by atoms with E-state index in [0.29, 0.717) is 6.42 Å². The third-order valence-corrected chi connectivity index (χ3v) is 7.97. The highest BCUT2D eigenvalue weighted by Crippen LogP contribution is 2.41. The topological polar surface area (TPSA) is 54.4 Å². The van der Waals surface area contributed by atoms with E-state index in [-0.39, 0.29) is 11.2 Å². The van der Waals surface area contributed by atoms with Crippen LogP contribution in [0.5, 0.6) is 0 Å². The average molecular weight is 328 g/mol. The zero-order valence-electron chi connectivity index (χ0n) is 12.5. The van der Waals surface area contributed by atoms with Crippen molar-refractivity contribution in [2.24, 2.45) is 5.92 Å². The highest BCUT2D eigenvalue weighted by atomic mass is 32.2. The summed E-state index contributed by atoms with van der Waals surface area (Å²) in [5, 5.41) is 10.4. The lowest BCUT2D eigenvalue weighted by atomic mass is 9.84. The Morgan fingerprint density at radius 2 is 2.00 bits per heavy atom. The molecule has 3 atom stereocenters. The van der Waals surface area contributed by atoms with E-state index >= 15 is 0 Å². The Balaban J connectivity index is 1.75. The van der Waals surface area contributed by atoms with E-state index in [4.69, 9.17) is 0 Å². The van der Waals surface area contributed by atoms with Gasteiger partial charge in [-0.3, -0.25) is 0 Å². The van der Waals surface area contributed by atoms with Crippen molar-refractivity contribution in [1.82, 2.24) is 0 Å². The molecule has 3 rings (SSSR count). The van der Waals surface area contributed by atoms with E-state index in [0.717, 1.165) is 37.0 Å². The van der Waals surface area contributed by atoms with Gasteiger partial charge in [-0.15, -0.1) is 11.3 Å². The lowest BCUT2D eigenvalue weighted by molar-refractivity contribution is 0.0887. The van der Waals surface area contributed by atoms with E-state index in [1.165, 1.54) is 29.5 Å². The second kappa shape index (κ2) is 6.01. The first kappa shape index (κ1) is 15.5. The fourth-order valence-electron chi connectivity index (χ4n) is 3.75. The number of fused-ring (bicyclic) bond motifs is 1. The molecule has 3 unspecified atom stereocenters. The first-order chi connectivity index (χ1) is 9.95. The number of aliphatic hydroxyl groups excluding tert-OH is 1. The van der Waals surface area contributed by atoms with E-state index < -0.39 is 15.9 Å². The fourth-order valence-corrected chi connectivity index (χ4v) is 6.28. The van der Waals surface area contributed by atoms with Crippen molar-refractivity contribution in [3.63, 3.8) is 0 Å². The normalized spacial score (nSPS) is 28.1. The SMILES string of the molecule is CS(=O)(=O)C1CCCC(C(O)c2cc3c(s2)CCCC3)C1. The summed E-state index contributed by atoms with van der Waals surface area (Å²) in [5.74, 6) is 0.0959. The molecular weight excluding hydrogens is 304 g/mol. The zero-order chi connectivity index (χ0) is 15.0. The maximum absolute atomic E-state index is 11.8. The predicted octanol–water partition coefficient (Wildman–Crippen LogP) is 3.26. The minimum Gasteiger partial charge on any atom is -0.387 e. The van der Waals surface area contributed by atoms with Crippen LogP contribution in [-0.2, 0) is 22.7 Å². The van der Waals surface area contributed by atoms with Crippen molar-refractivity contribution in [1.29, 1.82) is 0 Å². The Kier molecular flexibility index (Phi) is 4.44. The Morgan fingerprint density at radius 3 is 2.71 bits per heavy atom. The van der Waals surface area contributed by atoms with Crippen LogP contribution in [0, 0.1) is 5.92 Å². The van der Waals surface area contributed by atoms with Crippen molar-refractivity contribution in [3.05, 3.63) is 21.4 Å². The number of hydrogen-bond donors (Lipinski definition) is 1. The molecule has 1 aromatic rings. The molecule has 1 N–H and O–H groups in total. The first-order valence-corrected chi connectivity index (χ1v) is 10.7. The monoisotopic (exact) mass is 328 g/mol. The molecule has 118 valence electrons. The summed E-state index contributed by atoms with van der Waals surface area (Å²) in [5.41, 5.74) is 1.41. The quantitative estimate of drug-likeness (QED) is 0.926. The first-order valence-electron chi connectivity index (χ1n) is 7.93. The third kappa shape index (κ3) is 3.35. The van der Waals surface area contributed by atoms with Gasteiger partial charge < -0.3 is 5.11 Å².